The molecule has 1 aliphatic rings. The Hall–Kier alpha value is -0.610. The molecule has 0 spiro atoms. The van der Waals surface area contributed by atoms with Crippen LogP contribution in [-0.4, -0.2) is 33.8 Å². The maximum atomic E-state index is 10.5. The third-order valence-electron chi connectivity index (χ3n) is 3.30. The molecular formula is C11H22N2O2. The Kier molecular flexibility index (Phi) is 3.41. The van der Waals surface area contributed by atoms with Crippen molar-refractivity contribution in [2.45, 2.75) is 64.1 Å². The van der Waals surface area contributed by atoms with Crippen molar-refractivity contribution >= 4 is 6.41 Å². The zero-order valence-electron chi connectivity index (χ0n) is 10.1. The zero-order valence-corrected chi connectivity index (χ0v) is 10.1. The number of hydroxylamine groups is 2. The quantitative estimate of drug-likeness (QED) is 0.685. The molecule has 0 aliphatic carbocycles. The van der Waals surface area contributed by atoms with Crippen LogP contribution in [0.25, 0.3) is 0 Å². The van der Waals surface area contributed by atoms with Gasteiger partial charge in [-0.15, -0.1) is 0 Å². The van der Waals surface area contributed by atoms with Gasteiger partial charge in [-0.3, -0.25) is 4.79 Å². The molecule has 2 N–H and O–H groups in total. The summed E-state index contributed by atoms with van der Waals surface area (Å²) in [4.78, 5) is 10.5. The SMILES string of the molecule is CC1(C)CCC(NC=O)CC(C)(C)N1O. The zero-order chi connectivity index (χ0) is 11.7. The van der Waals surface area contributed by atoms with E-state index >= 15 is 0 Å². The summed E-state index contributed by atoms with van der Waals surface area (Å²) in [5, 5.41) is 14.4. The fourth-order valence-corrected chi connectivity index (χ4v) is 2.48. The van der Waals surface area contributed by atoms with Crippen LogP contribution >= 0.6 is 0 Å². The smallest absolute Gasteiger partial charge is 0.207 e. The fraction of sp³-hybridized carbons (Fsp3) is 0.909. The van der Waals surface area contributed by atoms with Gasteiger partial charge in [0.2, 0.25) is 6.41 Å². The van der Waals surface area contributed by atoms with Gasteiger partial charge in [0.1, 0.15) is 0 Å². The number of rotatable bonds is 2. The van der Waals surface area contributed by atoms with Crippen LogP contribution in [-0.2, 0) is 4.79 Å². The van der Waals surface area contributed by atoms with E-state index in [9.17, 15) is 10.0 Å². The Morgan fingerprint density at radius 3 is 2.47 bits per heavy atom. The second-order valence-corrected chi connectivity index (χ2v) is 5.66. The van der Waals surface area contributed by atoms with Gasteiger partial charge in [-0.2, -0.15) is 5.06 Å². The van der Waals surface area contributed by atoms with Crippen molar-refractivity contribution < 1.29 is 10.0 Å². The van der Waals surface area contributed by atoms with Gasteiger partial charge in [-0.05, 0) is 47.0 Å². The average Bonchev–Trinajstić information content (AvgIpc) is 2.18. The van der Waals surface area contributed by atoms with Crippen LogP contribution in [0, 0.1) is 0 Å². The minimum atomic E-state index is -0.305. The molecule has 0 aromatic rings. The molecule has 1 atom stereocenters. The highest BCUT2D eigenvalue weighted by atomic mass is 16.5. The summed E-state index contributed by atoms with van der Waals surface area (Å²) in [5.74, 6) is 0. The van der Waals surface area contributed by atoms with E-state index in [0.29, 0.717) is 0 Å². The van der Waals surface area contributed by atoms with Crippen LogP contribution in [0.4, 0.5) is 0 Å². The van der Waals surface area contributed by atoms with E-state index in [-0.39, 0.29) is 17.1 Å². The molecule has 0 saturated carbocycles. The number of carbonyl (C=O) groups is 1. The minimum absolute atomic E-state index is 0.161. The van der Waals surface area contributed by atoms with Crippen molar-refractivity contribution in [1.82, 2.24) is 10.4 Å². The predicted molar refractivity (Wildman–Crippen MR) is 58.6 cm³/mol. The molecule has 4 heteroatoms. The molecule has 88 valence electrons. The van der Waals surface area contributed by atoms with Gasteiger partial charge in [0.05, 0.1) is 0 Å². The second-order valence-electron chi connectivity index (χ2n) is 5.66. The van der Waals surface area contributed by atoms with Crippen molar-refractivity contribution in [3.8, 4) is 0 Å². The molecule has 0 radical (unpaired) electrons. The standard InChI is InChI=1S/C11H22N2O2/c1-10(2)6-5-9(12-8-14)7-11(3,4)13(10)15/h8-9,15H,5-7H2,1-4H3,(H,12,14). The summed E-state index contributed by atoms with van der Waals surface area (Å²) < 4.78 is 0. The van der Waals surface area contributed by atoms with E-state index in [1.165, 1.54) is 5.06 Å². The number of carbonyl (C=O) groups excluding carboxylic acids is 1. The molecule has 1 heterocycles. The van der Waals surface area contributed by atoms with Gasteiger partial charge >= 0.3 is 0 Å². The Morgan fingerprint density at radius 1 is 1.33 bits per heavy atom. The van der Waals surface area contributed by atoms with Crippen LogP contribution in [0.15, 0.2) is 0 Å². The lowest BCUT2D eigenvalue weighted by atomic mass is 9.94. The van der Waals surface area contributed by atoms with E-state index in [2.05, 4.69) is 5.32 Å². The Labute approximate surface area is 91.6 Å². The lowest BCUT2D eigenvalue weighted by molar-refractivity contribution is -0.221. The molecule has 1 amide bonds. The van der Waals surface area contributed by atoms with Crippen LogP contribution in [0.2, 0.25) is 0 Å². The van der Waals surface area contributed by atoms with Crippen molar-refractivity contribution in [2.75, 3.05) is 0 Å². The van der Waals surface area contributed by atoms with Crippen molar-refractivity contribution in [3.05, 3.63) is 0 Å². The molecule has 1 saturated heterocycles. The van der Waals surface area contributed by atoms with Gasteiger partial charge in [-0.1, -0.05) is 0 Å². The molecule has 0 aromatic heterocycles. The third kappa shape index (κ3) is 2.69. The maximum Gasteiger partial charge on any atom is 0.207 e. The number of hydrogen-bond acceptors (Lipinski definition) is 3. The van der Waals surface area contributed by atoms with Crippen molar-refractivity contribution in [1.29, 1.82) is 0 Å². The first-order valence-electron chi connectivity index (χ1n) is 5.48. The van der Waals surface area contributed by atoms with E-state index in [1.54, 1.807) is 0 Å². The Morgan fingerprint density at radius 2 is 1.93 bits per heavy atom. The fourth-order valence-electron chi connectivity index (χ4n) is 2.48. The highest BCUT2D eigenvalue weighted by Gasteiger charge is 2.41. The Balaban J connectivity index is 2.83. The summed E-state index contributed by atoms with van der Waals surface area (Å²) >= 11 is 0. The third-order valence-corrected chi connectivity index (χ3v) is 3.30. The van der Waals surface area contributed by atoms with Crippen molar-refractivity contribution in [2.24, 2.45) is 0 Å². The average molecular weight is 214 g/mol. The molecular weight excluding hydrogens is 192 g/mol. The summed E-state index contributed by atoms with van der Waals surface area (Å²) in [6.07, 6.45) is 3.30. The van der Waals surface area contributed by atoms with E-state index in [0.717, 1.165) is 25.7 Å². The monoisotopic (exact) mass is 214 g/mol. The molecule has 4 nitrogen and oxygen atoms in total. The number of hydrogen-bond donors (Lipinski definition) is 2. The summed E-state index contributed by atoms with van der Waals surface area (Å²) in [5.41, 5.74) is -0.538. The summed E-state index contributed by atoms with van der Waals surface area (Å²) in [6, 6.07) is 0.161. The van der Waals surface area contributed by atoms with Crippen molar-refractivity contribution in [3.63, 3.8) is 0 Å². The number of nitrogens with zero attached hydrogens (tertiary/aromatic N) is 1. The first-order chi connectivity index (χ1) is 6.79. The first kappa shape index (κ1) is 12.5. The number of nitrogens with one attached hydrogen (secondary N) is 1. The maximum absolute atomic E-state index is 10.5. The molecule has 15 heavy (non-hydrogen) atoms. The van der Waals surface area contributed by atoms with Gasteiger partial charge < -0.3 is 10.5 Å². The predicted octanol–water partition coefficient (Wildman–Crippen LogP) is 1.53. The lowest BCUT2D eigenvalue weighted by Crippen LogP contribution is -2.52. The van der Waals surface area contributed by atoms with Crippen LogP contribution in [0.3, 0.4) is 0 Å². The van der Waals surface area contributed by atoms with E-state index in [1.807, 2.05) is 27.7 Å². The topological polar surface area (TPSA) is 52.6 Å². The van der Waals surface area contributed by atoms with Gasteiger partial charge in [0.25, 0.3) is 0 Å². The normalized spacial score (nSPS) is 30.6. The summed E-state index contributed by atoms with van der Waals surface area (Å²) in [6.45, 7) is 8.05. The largest absolute Gasteiger partial charge is 0.356 e. The molecule has 0 aromatic carbocycles. The van der Waals surface area contributed by atoms with Crippen LogP contribution in [0.1, 0.15) is 47.0 Å². The van der Waals surface area contributed by atoms with Gasteiger partial charge in [0.15, 0.2) is 0 Å². The van der Waals surface area contributed by atoms with E-state index < -0.39 is 0 Å². The summed E-state index contributed by atoms with van der Waals surface area (Å²) in [7, 11) is 0. The lowest BCUT2D eigenvalue weighted by Gasteiger charge is -2.42. The van der Waals surface area contributed by atoms with Crippen LogP contribution < -0.4 is 5.32 Å². The van der Waals surface area contributed by atoms with E-state index in [4.69, 9.17) is 0 Å². The molecule has 1 unspecified atom stereocenters. The van der Waals surface area contributed by atoms with Gasteiger partial charge in [-0.25, -0.2) is 0 Å². The second kappa shape index (κ2) is 4.10. The first-order valence-corrected chi connectivity index (χ1v) is 5.48. The molecule has 1 rings (SSSR count). The highest BCUT2D eigenvalue weighted by Crippen LogP contribution is 2.34. The highest BCUT2D eigenvalue weighted by molar-refractivity contribution is 5.46. The number of amides is 1. The Bertz CT molecular complexity index is 239. The van der Waals surface area contributed by atoms with Gasteiger partial charge in [0, 0.05) is 17.1 Å². The molecule has 1 aliphatic heterocycles. The molecule has 1 fully saturated rings. The van der Waals surface area contributed by atoms with Crippen LogP contribution in [0.5, 0.6) is 0 Å². The molecule has 0 bridgehead atoms. The minimum Gasteiger partial charge on any atom is -0.356 e.